The maximum atomic E-state index is 12.8. The van der Waals surface area contributed by atoms with Crippen LogP contribution in [0, 0.1) is 0 Å². The van der Waals surface area contributed by atoms with Gasteiger partial charge < -0.3 is 19.4 Å². The third-order valence-corrected chi connectivity index (χ3v) is 3.71. The molecule has 2 rings (SSSR count). The van der Waals surface area contributed by atoms with E-state index in [4.69, 9.17) is 9.57 Å². The fourth-order valence-corrected chi connectivity index (χ4v) is 2.50. The predicted octanol–water partition coefficient (Wildman–Crippen LogP) is 2.36. The van der Waals surface area contributed by atoms with Crippen LogP contribution < -0.4 is 0 Å². The lowest BCUT2D eigenvalue weighted by Gasteiger charge is -2.35. The lowest BCUT2D eigenvalue weighted by atomic mass is 10.1. The van der Waals surface area contributed by atoms with Gasteiger partial charge in [0.25, 0.3) is 5.91 Å². The SMILES string of the molecule is CO/N=C/c1ccccc1C(=O)N1CCN(C(=O)OC(C)(C)C)CC1. The largest absolute Gasteiger partial charge is 0.444 e. The zero-order valence-electron chi connectivity index (χ0n) is 15.2. The first-order chi connectivity index (χ1) is 11.8. The Hall–Kier alpha value is -2.57. The minimum atomic E-state index is -0.524. The van der Waals surface area contributed by atoms with Crippen LogP contribution in [-0.4, -0.2) is 66.9 Å². The van der Waals surface area contributed by atoms with Crippen LogP contribution in [-0.2, 0) is 9.57 Å². The van der Waals surface area contributed by atoms with E-state index < -0.39 is 5.60 Å². The van der Waals surface area contributed by atoms with Gasteiger partial charge in [-0.1, -0.05) is 23.4 Å². The predicted molar refractivity (Wildman–Crippen MR) is 94.8 cm³/mol. The van der Waals surface area contributed by atoms with Crippen molar-refractivity contribution in [2.75, 3.05) is 33.3 Å². The highest BCUT2D eigenvalue weighted by Crippen LogP contribution is 2.15. The van der Waals surface area contributed by atoms with Gasteiger partial charge in [-0.15, -0.1) is 0 Å². The molecule has 1 aromatic carbocycles. The summed E-state index contributed by atoms with van der Waals surface area (Å²) < 4.78 is 5.37. The summed E-state index contributed by atoms with van der Waals surface area (Å²) in [5.74, 6) is -0.0815. The Balaban J connectivity index is 2.00. The van der Waals surface area contributed by atoms with E-state index in [0.29, 0.717) is 37.3 Å². The summed E-state index contributed by atoms with van der Waals surface area (Å²) >= 11 is 0. The first kappa shape index (κ1) is 18.8. The second-order valence-corrected chi connectivity index (χ2v) is 6.76. The standard InChI is InChI=1S/C18H25N3O4/c1-18(2,3)25-17(23)21-11-9-20(10-12-21)16(22)15-8-6-5-7-14(15)13-19-24-4/h5-8,13H,9-12H2,1-4H3/b19-13+. The molecule has 1 saturated heterocycles. The quantitative estimate of drug-likeness (QED) is 0.622. The Morgan fingerprint density at radius 2 is 1.68 bits per heavy atom. The van der Waals surface area contributed by atoms with Gasteiger partial charge in [0, 0.05) is 37.3 Å². The Morgan fingerprint density at radius 1 is 1.08 bits per heavy atom. The molecule has 0 spiro atoms. The molecule has 7 nitrogen and oxygen atoms in total. The number of oxime groups is 1. The molecule has 1 aliphatic rings. The maximum absolute atomic E-state index is 12.8. The highest BCUT2D eigenvalue weighted by Gasteiger charge is 2.28. The van der Waals surface area contributed by atoms with E-state index in [1.807, 2.05) is 39.0 Å². The lowest BCUT2D eigenvalue weighted by molar-refractivity contribution is 0.0141. The summed E-state index contributed by atoms with van der Waals surface area (Å²) in [5, 5.41) is 3.73. The van der Waals surface area contributed by atoms with E-state index in [0.717, 1.165) is 0 Å². The number of piperazine rings is 1. The normalized spacial score (nSPS) is 15.4. The molecule has 1 aromatic rings. The molecule has 7 heteroatoms. The average Bonchev–Trinajstić information content (AvgIpc) is 2.58. The molecule has 136 valence electrons. The van der Waals surface area contributed by atoms with E-state index in [2.05, 4.69) is 5.16 Å². The van der Waals surface area contributed by atoms with Crippen LogP contribution in [0.1, 0.15) is 36.7 Å². The first-order valence-electron chi connectivity index (χ1n) is 8.24. The van der Waals surface area contributed by atoms with Crippen LogP contribution in [0.5, 0.6) is 0 Å². The Morgan fingerprint density at radius 3 is 2.28 bits per heavy atom. The maximum Gasteiger partial charge on any atom is 0.410 e. The third kappa shape index (κ3) is 5.20. The number of carbonyl (C=O) groups excluding carboxylic acids is 2. The van der Waals surface area contributed by atoms with E-state index in [-0.39, 0.29) is 12.0 Å². The molecule has 25 heavy (non-hydrogen) atoms. The second-order valence-electron chi connectivity index (χ2n) is 6.76. The van der Waals surface area contributed by atoms with Crippen LogP contribution in [0.25, 0.3) is 0 Å². The van der Waals surface area contributed by atoms with Crippen molar-refractivity contribution in [3.63, 3.8) is 0 Å². The molecule has 0 aliphatic carbocycles. The zero-order chi connectivity index (χ0) is 18.4. The molecule has 0 aromatic heterocycles. The van der Waals surface area contributed by atoms with Gasteiger partial charge in [-0.25, -0.2) is 4.79 Å². The Kier molecular flexibility index (Phi) is 6.01. The third-order valence-electron chi connectivity index (χ3n) is 3.71. The van der Waals surface area contributed by atoms with Crippen LogP contribution in [0.15, 0.2) is 29.4 Å². The molecular weight excluding hydrogens is 322 g/mol. The van der Waals surface area contributed by atoms with Gasteiger partial charge in [0.15, 0.2) is 0 Å². The second kappa shape index (κ2) is 8.00. The molecule has 0 bridgehead atoms. The summed E-state index contributed by atoms with van der Waals surface area (Å²) in [6.07, 6.45) is 1.18. The number of hydrogen-bond donors (Lipinski definition) is 0. The molecule has 0 unspecified atom stereocenters. The molecule has 1 aliphatic heterocycles. The summed E-state index contributed by atoms with van der Waals surface area (Å²) in [7, 11) is 1.46. The van der Waals surface area contributed by atoms with Crippen LogP contribution >= 0.6 is 0 Å². The van der Waals surface area contributed by atoms with Crippen molar-refractivity contribution in [3.8, 4) is 0 Å². The fourth-order valence-electron chi connectivity index (χ4n) is 2.50. The van der Waals surface area contributed by atoms with Gasteiger partial charge >= 0.3 is 6.09 Å². The molecule has 0 N–H and O–H groups in total. The first-order valence-corrected chi connectivity index (χ1v) is 8.24. The van der Waals surface area contributed by atoms with Crippen molar-refractivity contribution in [1.29, 1.82) is 0 Å². The minimum absolute atomic E-state index is 0.0815. The monoisotopic (exact) mass is 347 g/mol. The molecule has 2 amide bonds. The fraction of sp³-hybridized carbons (Fsp3) is 0.500. The van der Waals surface area contributed by atoms with Gasteiger partial charge in [-0.3, -0.25) is 4.79 Å². The molecule has 0 radical (unpaired) electrons. The van der Waals surface area contributed by atoms with Crippen LogP contribution in [0.4, 0.5) is 4.79 Å². The van der Waals surface area contributed by atoms with Crippen LogP contribution in [0.2, 0.25) is 0 Å². The molecule has 1 heterocycles. The molecule has 0 saturated carbocycles. The zero-order valence-corrected chi connectivity index (χ0v) is 15.2. The topological polar surface area (TPSA) is 71.4 Å². The van der Waals surface area contributed by atoms with Gasteiger partial charge in [0.05, 0.1) is 6.21 Å². The smallest absolute Gasteiger partial charge is 0.410 e. The summed E-state index contributed by atoms with van der Waals surface area (Å²) in [5.41, 5.74) is 0.738. The number of amides is 2. The van der Waals surface area contributed by atoms with Crippen molar-refractivity contribution in [2.24, 2.45) is 5.16 Å². The average molecular weight is 347 g/mol. The van der Waals surface area contributed by atoms with Crippen molar-refractivity contribution in [1.82, 2.24) is 9.80 Å². The van der Waals surface area contributed by atoms with E-state index >= 15 is 0 Å². The highest BCUT2D eigenvalue weighted by atomic mass is 16.6. The van der Waals surface area contributed by atoms with Gasteiger partial charge in [0.1, 0.15) is 12.7 Å². The Labute approximate surface area is 148 Å². The van der Waals surface area contributed by atoms with Crippen molar-refractivity contribution in [2.45, 2.75) is 26.4 Å². The number of ether oxygens (including phenoxy) is 1. The summed E-state index contributed by atoms with van der Waals surface area (Å²) in [4.78, 5) is 32.9. The van der Waals surface area contributed by atoms with Crippen LogP contribution in [0.3, 0.4) is 0 Å². The number of hydrogen-bond acceptors (Lipinski definition) is 5. The van der Waals surface area contributed by atoms with Crippen molar-refractivity contribution < 1.29 is 19.2 Å². The van der Waals surface area contributed by atoms with E-state index in [9.17, 15) is 9.59 Å². The number of nitrogens with zero attached hydrogens (tertiary/aromatic N) is 3. The lowest BCUT2D eigenvalue weighted by Crippen LogP contribution is -2.51. The molecule has 0 atom stereocenters. The van der Waals surface area contributed by atoms with Crippen molar-refractivity contribution >= 4 is 18.2 Å². The summed E-state index contributed by atoms with van der Waals surface area (Å²) in [6.45, 7) is 7.35. The number of carbonyl (C=O) groups is 2. The van der Waals surface area contributed by atoms with Gasteiger partial charge in [-0.05, 0) is 26.8 Å². The van der Waals surface area contributed by atoms with E-state index in [1.54, 1.807) is 15.9 Å². The molecular formula is C18H25N3O4. The highest BCUT2D eigenvalue weighted by molar-refractivity contribution is 6.02. The Bertz CT molecular complexity index is 644. The van der Waals surface area contributed by atoms with E-state index in [1.165, 1.54) is 13.3 Å². The minimum Gasteiger partial charge on any atom is -0.444 e. The van der Waals surface area contributed by atoms with Crippen molar-refractivity contribution in [3.05, 3.63) is 35.4 Å². The molecule has 1 fully saturated rings. The van der Waals surface area contributed by atoms with Gasteiger partial charge in [-0.2, -0.15) is 0 Å². The number of rotatable bonds is 3. The van der Waals surface area contributed by atoms with Gasteiger partial charge in [0.2, 0.25) is 0 Å². The number of benzene rings is 1. The summed E-state index contributed by atoms with van der Waals surface area (Å²) in [6, 6.07) is 7.23.